The fraction of sp³-hybridized carbons (Fsp3) is 0.389. The van der Waals surface area contributed by atoms with Crippen molar-refractivity contribution in [2.45, 2.75) is 32.9 Å². The number of aromatic nitrogens is 1. The molecular formula is C18H22N2O5S. The number of carboxylic acids is 1. The molecule has 2 aromatic rings. The third-order valence-corrected chi connectivity index (χ3v) is 4.69. The minimum absolute atomic E-state index is 0.181. The number of nitrogens with one attached hydrogen (secondary N) is 1. The molecule has 0 aliphatic carbocycles. The molecule has 26 heavy (non-hydrogen) atoms. The second-order valence-electron chi connectivity index (χ2n) is 5.81. The van der Waals surface area contributed by atoms with E-state index in [1.165, 1.54) is 24.5 Å². The largest absolute Gasteiger partial charge is 0.493 e. The molecular weight excluding hydrogens is 356 g/mol. The Balaban J connectivity index is 2.11. The molecule has 1 heterocycles. The van der Waals surface area contributed by atoms with Gasteiger partial charge in [-0.2, -0.15) is 0 Å². The zero-order valence-electron chi connectivity index (χ0n) is 14.9. The summed E-state index contributed by atoms with van der Waals surface area (Å²) in [6.07, 6.45) is 0.643. The van der Waals surface area contributed by atoms with E-state index in [2.05, 4.69) is 10.3 Å². The number of aliphatic carboxylic acids is 1. The van der Waals surface area contributed by atoms with E-state index in [1.807, 2.05) is 12.3 Å². The first-order valence-corrected chi connectivity index (χ1v) is 9.12. The van der Waals surface area contributed by atoms with E-state index in [0.29, 0.717) is 30.1 Å². The van der Waals surface area contributed by atoms with E-state index in [9.17, 15) is 14.7 Å². The lowest BCUT2D eigenvalue weighted by atomic mass is 9.99. The second-order valence-corrected chi connectivity index (χ2v) is 6.53. The zero-order chi connectivity index (χ0) is 19.1. The Bertz CT molecular complexity index is 748. The molecule has 0 unspecified atom stereocenters. The van der Waals surface area contributed by atoms with Gasteiger partial charge in [0.2, 0.25) is 0 Å². The van der Waals surface area contributed by atoms with Crippen LogP contribution in [-0.4, -0.2) is 35.1 Å². The summed E-state index contributed by atoms with van der Waals surface area (Å²) in [6.45, 7) is 3.96. The van der Waals surface area contributed by atoms with Gasteiger partial charge in [0, 0.05) is 10.9 Å². The molecule has 0 radical (unpaired) electrons. The maximum absolute atomic E-state index is 12.4. The molecule has 2 N–H and O–H groups in total. The number of ether oxygens (including phenoxy) is 2. The van der Waals surface area contributed by atoms with Crippen molar-refractivity contribution < 1.29 is 24.2 Å². The summed E-state index contributed by atoms with van der Waals surface area (Å²) in [6, 6.07) is 3.78. The highest BCUT2D eigenvalue weighted by Gasteiger charge is 2.26. The molecule has 0 aliphatic rings. The van der Waals surface area contributed by atoms with Gasteiger partial charge in [0.05, 0.1) is 18.3 Å². The second kappa shape index (κ2) is 9.19. The highest BCUT2D eigenvalue weighted by atomic mass is 32.1. The third kappa shape index (κ3) is 4.95. The molecule has 0 fully saturated rings. The van der Waals surface area contributed by atoms with E-state index < -0.39 is 17.9 Å². The minimum Gasteiger partial charge on any atom is -0.493 e. The molecule has 1 aromatic heterocycles. The van der Waals surface area contributed by atoms with Gasteiger partial charge in [0.1, 0.15) is 12.6 Å². The van der Waals surface area contributed by atoms with E-state index in [4.69, 9.17) is 9.47 Å². The molecule has 0 bridgehead atoms. The van der Waals surface area contributed by atoms with Crippen LogP contribution >= 0.6 is 11.3 Å². The SMILES string of the molecule is CC[C@H](C)[C@H](NC(=O)c1ccc(OCc2cscn2)c(OC)c1)C(=O)O. The topological polar surface area (TPSA) is 97.8 Å². The van der Waals surface area contributed by atoms with Crippen LogP contribution in [0.15, 0.2) is 29.1 Å². The Hall–Kier alpha value is -2.61. The number of hydrogen-bond donors (Lipinski definition) is 2. The molecule has 0 spiro atoms. The van der Waals surface area contributed by atoms with Gasteiger partial charge in [-0.25, -0.2) is 9.78 Å². The Morgan fingerprint density at radius 2 is 2.12 bits per heavy atom. The first kappa shape index (κ1) is 19.7. The van der Waals surface area contributed by atoms with Crippen molar-refractivity contribution in [2.24, 2.45) is 5.92 Å². The average Bonchev–Trinajstić information content (AvgIpc) is 3.16. The quantitative estimate of drug-likeness (QED) is 0.696. The standard InChI is InChI=1S/C18H22N2O5S/c1-4-11(2)16(18(22)23)20-17(21)12-5-6-14(15(7-12)24-3)25-8-13-9-26-10-19-13/h5-7,9-11,16H,4,8H2,1-3H3,(H,20,21)(H,22,23)/t11-,16-/m0/s1. The number of rotatable bonds is 9. The Morgan fingerprint density at radius 3 is 2.69 bits per heavy atom. The lowest BCUT2D eigenvalue weighted by molar-refractivity contribution is -0.140. The Morgan fingerprint density at radius 1 is 1.35 bits per heavy atom. The molecule has 2 rings (SSSR count). The number of thiazole rings is 1. The van der Waals surface area contributed by atoms with Gasteiger partial charge in [-0.15, -0.1) is 11.3 Å². The summed E-state index contributed by atoms with van der Waals surface area (Å²) in [5, 5.41) is 13.8. The number of carbonyl (C=O) groups is 2. The molecule has 0 saturated carbocycles. The van der Waals surface area contributed by atoms with Gasteiger partial charge < -0.3 is 19.9 Å². The molecule has 7 nitrogen and oxygen atoms in total. The van der Waals surface area contributed by atoms with Crippen LogP contribution in [0.3, 0.4) is 0 Å². The fourth-order valence-corrected chi connectivity index (χ4v) is 2.84. The monoisotopic (exact) mass is 378 g/mol. The van der Waals surface area contributed by atoms with Crippen molar-refractivity contribution >= 4 is 23.2 Å². The predicted molar refractivity (Wildman–Crippen MR) is 97.8 cm³/mol. The van der Waals surface area contributed by atoms with Crippen LogP contribution in [0.5, 0.6) is 11.5 Å². The van der Waals surface area contributed by atoms with E-state index >= 15 is 0 Å². The number of carboxylic acid groups (broad SMARTS) is 1. The highest BCUT2D eigenvalue weighted by Crippen LogP contribution is 2.29. The molecule has 0 saturated heterocycles. The van der Waals surface area contributed by atoms with Gasteiger partial charge >= 0.3 is 5.97 Å². The van der Waals surface area contributed by atoms with Crippen LogP contribution < -0.4 is 14.8 Å². The molecule has 140 valence electrons. The van der Waals surface area contributed by atoms with Crippen LogP contribution in [0.25, 0.3) is 0 Å². The predicted octanol–water partition coefficient (Wildman–Crippen LogP) is 2.96. The Kier molecular flexibility index (Phi) is 6.97. The summed E-state index contributed by atoms with van der Waals surface area (Å²) < 4.78 is 11.0. The summed E-state index contributed by atoms with van der Waals surface area (Å²) in [7, 11) is 1.48. The van der Waals surface area contributed by atoms with Crippen LogP contribution in [0.4, 0.5) is 0 Å². The lowest BCUT2D eigenvalue weighted by Gasteiger charge is -2.20. The van der Waals surface area contributed by atoms with Gasteiger partial charge in [-0.3, -0.25) is 4.79 Å². The summed E-state index contributed by atoms with van der Waals surface area (Å²) >= 11 is 1.48. The van der Waals surface area contributed by atoms with Crippen LogP contribution in [0.2, 0.25) is 0 Å². The third-order valence-electron chi connectivity index (χ3n) is 4.05. The molecule has 1 aromatic carbocycles. The zero-order valence-corrected chi connectivity index (χ0v) is 15.7. The van der Waals surface area contributed by atoms with E-state index in [-0.39, 0.29) is 5.92 Å². The first-order valence-electron chi connectivity index (χ1n) is 8.17. The number of methoxy groups -OCH3 is 1. The van der Waals surface area contributed by atoms with Crippen molar-refractivity contribution in [3.05, 3.63) is 40.3 Å². The number of benzene rings is 1. The van der Waals surface area contributed by atoms with Crippen molar-refractivity contribution in [1.29, 1.82) is 0 Å². The van der Waals surface area contributed by atoms with Gasteiger partial charge in [0.15, 0.2) is 11.5 Å². The van der Waals surface area contributed by atoms with Crippen LogP contribution in [0.1, 0.15) is 36.3 Å². The van der Waals surface area contributed by atoms with E-state index in [0.717, 1.165) is 5.69 Å². The molecule has 8 heteroatoms. The lowest BCUT2D eigenvalue weighted by Crippen LogP contribution is -2.45. The molecule has 1 amide bonds. The Labute approximate surface area is 156 Å². The molecule has 0 aliphatic heterocycles. The minimum atomic E-state index is -1.05. The summed E-state index contributed by atoms with van der Waals surface area (Å²) in [5.74, 6) is -0.832. The van der Waals surface area contributed by atoms with Crippen molar-refractivity contribution in [2.75, 3.05) is 7.11 Å². The molecule has 2 atom stereocenters. The van der Waals surface area contributed by atoms with Gasteiger partial charge in [-0.1, -0.05) is 20.3 Å². The number of hydrogen-bond acceptors (Lipinski definition) is 6. The van der Waals surface area contributed by atoms with Crippen LogP contribution in [0, 0.1) is 5.92 Å². The summed E-state index contributed by atoms with van der Waals surface area (Å²) in [4.78, 5) is 27.9. The fourth-order valence-electron chi connectivity index (χ4n) is 2.30. The van der Waals surface area contributed by atoms with Gasteiger partial charge in [0.25, 0.3) is 5.91 Å². The maximum atomic E-state index is 12.4. The normalized spacial score (nSPS) is 12.9. The average molecular weight is 378 g/mol. The first-order chi connectivity index (χ1) is 12.5. The van der Waals surface area contributed by atoms with Crippen molar-refractivity contribution in [1.82, 2.24) is 10.3 Å². The highest BCUT2D eigenvalue weighted by molar-refractivity contribution is 7.07. The smallest absolute Gasteiger partial charge is 0.326 e. The van der Waals surface area contributed by atoms with Gasteiger partial charge in [-0.05, 0) is 24.1 Å². The van der Waals surface area contributed by atoms with Crippen molar-refractivity contribution in [3.8, 4) is 11.5 Å². The number of amides is 1. The number of carbonyl (C=O) groups excluding carboxylic acids is 1. The maximum Gasteiger partial charge on any atom is 0.326 e. The van der Waals surface area contributed by atoms with Crippen molar-refractivity contribution in [3.63, 3.8) is 0 Å². The summed E-state index contributed by atoms with van der Waals surface area (Å²) in [5.41, 5.74) is 2.83. The number of nitrogens with zero attached hydrogens (tertiary/aromatic N) is 1. The van der Waals surface area contributed by atoms with E-state index in [1.54, 1.807) is 24.6 Å². The van der Waals surface area contributed by atoms with Crippen LogP contribution in [-0.2, 0) is 11.4 Å².